The van der Waals surface area contributed by atoms with Crippen molar-refractivity contribution in [3.05, 3.63) is 52.9 Å². The molecule has 106 valence electrons. The van der Waals surface area contributed by atoms with Crippen LogP contribution in [0.25, 0.3) is 0 Å². The van der Waals surface area contributed by atoms with Gasteiger partial charge in [0.25, 0.3) is 0 Å². The second-order valence-electron chi connectivity index (χ2n) is 4.74. The van der Waals surface area contributed by atoms with Crippen molar-refractivity contribution in [3.8, 4) is 0 Å². The lowest BCUT2D eigenvalue weighted by Crippen LogP contribution is -2.29. The van der Waals surface area contributed by atoms with Crippen LogP contribution in [-0.4, -0.2) is 24.4 Å². The van der Waals surface area contributed by atoms with Gasteiger partial charge in [0, 0.05) is 10.7 Å². The average Bonchev–Trinajstić information content (AvgIpc) is 2.74. The van der Waals surface area contributed by atoms with Gasteiger partial charge in [-0.1, -0.05) is 17.7 Å². The second-order valence-corrected chi connectivity index (χ2v) is 5.18. The van der Waals surface area contributed by atoms with Crippen molar-refractivity contribution >= 4 is 23.2 Å². The van der Waals surface area contributed by atoms with Gasteiger partial charge in [-0.3, -0.25) is 9.69 Å². The number of anilines is 1. The lowest BCUT2D eigenvalue weighted by molar-refractivity contribution is -0.117. The number of amides is 1. The highest BCUT2D eigenvalue weighted by Crippen LogP contribution is 2.15. The molecule has 1 amide bonds. The van der Waals surface area contributed by atoms with Crippen molar-refractivity contribution in [1.82, 2.24) is 4.90 Å². The normalized spacial score (nSPS) is 10.8. The van der Waals surface area contributed by atoms with Crippen LogP contribution in [0.1, 0.15) is 11.5 Å². The Morgan fingerprint density at radius 3 is 2.80 bits per heavy atom. The van der Waals surface area contributed by atoms with E-state index in [0.717, 1.165) is 11.5 Å². The molecule has 2 aromatic rings. The fourth-order valence-electron chi connectivity index (χ4n) is 1.90. The smallest absolute Gasteiger partial charge is 0.238 e. The van der Waals surface area contributed by atoms with Gasteiger partial charge in [-0.25, -0.2) is 0 Å². The van der Waals surface area contributed by atoms with Crippen molar-refractivity contribution in [2.45, 2.75) is 13.5 Å². The number of rotatable bonds is 5. The molecule has 0 spiro atoms. The molecule has 5 heteroatoms. The molecule has 2 rings (SSSR count). The summed E-state index contributed by atoms with van der Waals surface area (Å²) >= 11 is 5.87. The zero-order valence-corrected chi connectivity index (χ0v) is 12.3. The number of carbonyl (C=O) groups is 1. The third-order valence-electron chi connectivity index (χ3n) is 2.74. The van der Waals surface area contributed by atoms with Crippen molar-refractivity contribution in [1.29, 1.82) is 0 Å². The molecule has 20 heavy (non-hydrogen) atoms. The van der Waals surface area contributed by atoms with E-state index in [0.29, 0.717) is 17.3 Å². The molecule has 1 aromatic heterocycles. The van der Waals surface area contributed by atoms with E-state index >= 15 is 0 Å². The van der Waals surface area contributed by atoms with E-state index in [2.05, 4.69) is 5.32 Å². The summed E-state index contributed by atoms with van der Waals surface area (Å²) in [6.07, 6.45) is 0. The first-order chi connectivity index (χ1) is 9.52. The average molecular weight is 293 g/mol. The van der Waals surface area contributed by atoms with Gasteiger partial charge in [-0.2, -0.15) is 0 Å². The molecular weight excluding hydrogens is 276 g/mol. The Labute approximate surface area is 123 Å². The molecular formula is C15H17ClN2O2. The maximum atomic E-state index is 11.9. The van der Waals surface area contributed by atoms with Crippen LogP contribution in [0.3, 0.4) is 0 Å². The summed E-state index contributed by atoms with van der Waals surface area (Å²) in [5, 5.41) is 3.41. The minimum absolute atomic E-state index is 0.0851. The van der Waals surface area contributed by atoms with Crippen LogP contribution in [-0.2, 0) is 11.3 Å². The molecule has 0 atom stereocenters. The third kappa shape index (κ3) is 4.40. The Bertz CT molecular complexity index is 595. The third-order valence-corrected chi connectivity index (χ3v) is 2.98. The zero-order chi connectivity index (χ0) is 14.5. The van der Waals surface area contributed by atoms with E-state index in [1.54, 1.807) is 24.3 Å². The zero-order valence-electron chi connectivity index (χ0n) is 11.5. The predicted octanol–water partition coefficient (Wildman–Crippen LogP) is 3.31. The minimum Gasteiger partial charge on any atom is -0.465 e. The fraction of sp³-hybridized carbons (Fsp3) is 0.267. The molecule has 1 aromatic carbocycles. The Hall–Kier alpha value is -1.78. The van der Waals surface area contributed by atoms with Gasteiger partial charge in [0.05, 0.1) is 13.1 Å². The Balaban J connectivity index is 1.84. The number of hydrogen-bond acceptors (Lipinski definition) is 3. The Morgan fingerprint density at radius 2 is 2.15 bits per heavy atom. The SMILES string of the molecule is Cc1ccc(CN(C)CC(=O)Nc2cccc(Cl)c2)o1. The summed E-state index contributed by atoms with van der Waals surface area (Å²) in [5.41, 5.74) is 0.699. The van der Waals surface area contributed by atoms with Crippen LogP contribution in [0.4, 0.5) is 5.69 Å². The summed E-state index contributed by atoms with van der Waals surface area (Å²) in [6.45, 7) is 2.78. The van der Waals surface area contributed by atoms with Crippen molar-refractivity contribution in [2.24, 2.45) is 0 Å². The number of hydrogen-bond donors (Lipinski definition) is 1. The van der Waals surface area contributed by atoms with E-state index in [1.807, 2.05) is 31.0 Å². The summed E-state index contributed by atoms with van der Waals surface area (Å²) in [4.78, 5) is 13.8. The summed E-state index contributed by atoms with van der Waals surface area (Å²) in [7, 11) is 1.87. The fourth-order valence-corrected chi connectivity index (χ4v) is 2.09. The lowest BCUT2D eigenvalue weighted by Gasteiger charge is -2.14. The molecule has 0 bridgehead atoms. The quantitative estimate of drug-likeness (QED) is 0.919. The molecule has 0 fully saturated rings. The number of benzene rings is 1. The first-order valence-electron chi connectivity index (χ1n) is 6.32. The first kappa shape index (κ1) is 14.6. The standard InChI is InChI=1S/C15H17ClN2O2/c1-11-6-7-14(20-11)9-18(2)10-15(19)17-13-5-3-4-12(16)8-13/h3-8H,9-10H2,1-2H3,(H,17,19). The minimum atomic E-state index is -0.0851. The van der Waals surface area contributed by atoms with Gasteiger partial charge in [0.1, 0.15) is 11.5 Å². The second kappa shape index (κ2) is 6.59. The number of nitrogens with zero attached hydrogens (tertiary/aromatic N) is 1. The summed E-state index contributed by atoms with van der Waals surface area (Å²) in [5.74, 6) is 1.63. The number of furan rings is 1. The number of halogens is 1. The maximum absolute atomic E-state index is 11.9. The topological polar surface area (TPSA) is 45.5 Å². The van der Waals surface area contributed by atoms with E-state index < -0.39 is 0 Å². The molecule has 1 N–H and O–H groups in total. The molecule has 0 unspecified atom stereocenters. The van der Waals surface area contributed by atoms with Gasteiger partial charge in [0.2, 0.25) is 5.91 Å². The predicted molar refractivity (Wildman–Crippen MR) is 79.9 cm³/mol. The van der Waals surface area contributed by atoms with Crippen LogP contribution < -0.4 is 5.32 Å². The largest absolute Gasteiger partial charge is 0.465 e. The molecule has 0 saturated heterocycles. The van der Waals surface area contributed by atoms with Gasteiger partial charge in [-0.05, 0) is 44.3 Å². The molecule has 1 heterocycles. The Morgan fingerprint density at radius 1 is 1.35 bits per heavy atom. The molecule has 0 saturated carbocycles. The monoisotopic (exact) mass is 292 g/mol. The molecule has 0 aliphatic heterocycles. The van der Waals surface area contributed by atoms with Crippen LogP contribution >= 0.6 is 11.6 Å². The van der Waals surface area contributed by atoms with Crippen LogP contribution in [0.2, 0.25) is 5.02 Å². The number of likely N-dealkylation sites (N-methyl/N-ethyl adjacent to an activating group) is 1. The summed E-state index contributed by atoms with van der Waals surface area (Å²) in [6, 6.07) is 10.9. The number of nitrogens with one attached hydrogen (secondary N) is 1. The van der Waals surface area contributed by atoms with Crippen molar-refractivity contribution in [2.75, 3.05) is 18.9 Å². The van der Waals surface area contributed by atoms with E-state index in [1.165, 1.54) is 0 Å². The molecule has 0 aliphatic carbocycles. The number of aryl methyl sites for hydroxylation is 1. The lowest BCUT2D eigenvalue weighted by atomic mass is 10.3. The Kier molecular flexibility index (Phi) is 4.82. The highest BCUT2D eigenvalue weighted by molar-refractivity contribution is 6.30. The van der Waals surface area contributed by atoms with Crippen molar-refractivity contribution < 1.29 is 9.21 Å². The highest BCUT2D eigenvalue weighted by Gasteiger charge is 2.09. The van der Waals surface area contributed by atoms with Crippen LogP contribution in [0.15, 0.2) is 40.8 Å². The van der Waals surface area contributed by atoms with E-state index in [9.17, 15) is 4.79 Å². The van der Waals surface area contributed by atoms with Crippen LogP contribution in [0, 0.1) is 6.92 Å². The maximum Gasteiger partial charge on any atom is 0.238 e. The first-order valence-corrected chi connectivity index (χ1v) is 6.70. The van der Waals surface area contributed by atoms with Gasteiger partial charge in [0.15, 0.2) is 0 Å². The van der Waals surface area contributed by atoms with Gasteiger partial charge >= 0.3 is 0 Å². The number of carbonyl (C=O) groups excluding carboxylic acids is 1. The van der Waals surface area contributed by atoms with Gasteiger partial charge < -0.3 is 9.73 Å². The molecule has 0 aliphatic rings. The van der Waals surface area contributed by atoms with E-state index in [-0.39, 0.29) is 12.5 Å². The molecule has 0 radical (unpaired) electrons. The molecule has 4 nitrogen and oxygen atoms in total. The van der Waals surface area contributed by atoms with E-state index in [4.69, 9.17) is 16.0 Å². The summed E-state index contributed by atoms with van der Waals surface area (Å²) < 4.78 is 5.48. The van der Waals surface area contributed by atoms with Crippen molar-refractivity contribution in [3.63, 3.8) is 0 Å². The van der Waals surface area contributed by atoms with Gasteiger partial charge in [-0.15, -0.1) is 0 Å². The van der Waals surface area contributed by atoms with Crippen LogP contribution in [0.5, 0.6) is 0 Å². The highest BCUT2D eigenvalue weighted by atomic mass is 35.5.